The highest BCUT2D eigenvalue weighted by atomic mass is 19.4. The number of likely N-dealkylation sites (tertiary alicyclic amines) is 1. The summed E-state index contributed by atoms with van der Waals surface area (Å²) < 4.78 is 38.4. The molecule has 2 aromatic rings. The molecule has 6 nitrogen and oxygen atoms in total. The van der Waals surface area contributed by atoms with Gasteiger partial charge in [0.25, 0.3) is 0 Å². The van der Waals surface area contributed by atoms with Crippen LogP contribution in [0.3, 0.4) is 0 Å². The van der Waals surface area contributed by atoms with Crippen LogP contribution in [0.15, 0.2) is 24.3 Å². The van der Waals surface area contributed by atoms with Crippen molar-refractivity contribution in [2.45, 2.75) is 57.3 Å². The number of alkyl halides is 3. The number of halogens is 3. The number of nitrogens with one attached hydrogen (secondary N) is 2. The number of hydrogen-bond donors (Lipinski definition) is 2. The molecule has 1 aliphatic heterocycles. The summed E-state index contributed by atoms with van der Waals surface area (Å²) >= 11 is 0. The maximum atomic E-state index is 12.8. The van der Waals surface area contributed by atoms with Gasteiger partial charge in [-0.3, -0.25) is 14.8 Å². The molecule has 1 amide bonds. The second kappa shape index (κ2) is 8.37. The third-order valence-electron chi connectivity index (χ3n) is 6.08. The van der Waals surface area contributed by atoms with Crippen LogP contribution < -0.4 is 5.32 Å². The van der Waals surface area contributed by atoms with E-state index in [1.165, 1.54) is 12.1 Å². The summed E-state index contributed by atoms with van der Waals surface area (Å²) in [6.45, 7) is 3.58. The van der Waals surface area contributed by atoms with Crippen molar-refractivity contribution in [3.8, 4) is 0 Å². The lowest BCUT2D eigenvalue weighted by Gasteiger charge is -2.20. The Morgan fingerprint density at radius 1 is 1.20 bits per heavy atom. The van der Waals surface area contributed by atoms with Crippen molar-refractivity contribution in [3.63, 3.8) is 0 Å². The SMILES string of the molecule is Cc1nc([C@@H]2CN(Cc3ccc(C(F)(F)F)cc3)C[C@H]2NC(=O)C2CCCC2)n[nH]1. The van der Waals surface area contributed by atoms with Gasteiger partial charge in [-0.05, 0) is 37.5 Å². The first-order valence-corrected chi connectivity index (χ1v) is 10.4. The highest BCUT2D eigenvalue weighted by molar-refractivity contribution is 5.79. The van der Waals surface area contributed by atoms with Crippen LogP contribution in [-0.2, 0) is 17.5 Å². The van der Waals surface area contributed by atoms with E-state index in [0.717, 1.165) is 43.4 Å². The number of aromatic nitrogens is 3. The molecule has 2 atom stereocenters. The van der Waals surface area contributed by atoms with Crippen molar-refractivity contribution in [3.05, 3.63) is 47.0 Å². The zero-order valence-electron chi connectivity index (χ0n) is 16.9. The Labute approximate surface area is 173 Å². The highest BCUT2D eigenvalue weighted by Crippen LogP contribution is 2.31. The smallest absolute Gasteiger partial charge is 0.351 e. The number of H-pyrrole nitrogens is 1. The maximum Gasteiger partial charge on any atom is 0.416 e. The van der Waals surface area contributed by atoms with Gasteiger partial charge in [-0.15, -0.1) is 0 Å². The normalized spacial score (nSPS) is 23.2. The Morgan fingerprint density at radius 3 is 2.50 bits per heavy atom. The third-order valence-corrected chi connectivity index (χ3v) is 6.08. The summed E-state index contributed by atoms with van der Waals surface area (Å²) in [7, 11) is 0. The Kier molecular flexibility index (Phi) is 5.81. The molecule has 2 aliphatic rings. The average molecular weight is 421 g/mol. The zero-order chi connectivity index (χ0) is 21.3. The second-order valence-corrected chi connectivity index (χ2v) is 8.37. The van der Waals surface area contributed by atoms with E-state index >= 15 is 0 Å². The molecule has 0 unspecified atom stereocenters. The molecule has 1 aromatic carbocycles. The first-order valence-electron chi connectivity index (χ1n) is 10.4. The molecule has 2 heterocycles. The predicted octanol–water partition coefficient (Wildman–Crippen LogP) is 3.41. The first kappa shape index (κ1) is 20.8. The fourth-order valence-electron chi connectivity index (χ4n) is 4.49. The number of hydrogen-bond acceptors (Lipinski definition) is 4. The van der Waals surface area contributed by atoms with Gasteiger partial charge in [0.2, 0.25) is 5.91 Å². The lowest BCUT2D eigenvalue weighted by atomic mass is 10.0. The molecule has 0 radical (unpaired) electrons. The molecular formula is C21H26F3N5O. The Bertz CT molecular complexity index is 874. The van der Waals surface area contributed by atoms with E-state index in [-0.39, 0.29) is 23.8 Å². The van der Waals surface area contributed by atoms with Crippen molar-refractivity contribution in [1.29, 1.82) is 0 Å². The van der Waals surface area contributed by atoms with Gasteiger partial charge in [-0.2, -0.15) is 18.3 Å². The fourth-order valence-corrected chi connectivity index (χ4v) is 4.49. The number of rotatable bonds is 5. The molecule has 1 saturated heterocycles. The average Bonchev–Trinajstić information content (AvgIpc) is 3.43. The van der Waals surface area contributed by atoms with Gasteiger partial charge in [0.05, 0.1) is 17.5 Å². The van der Waals surface area contributed by atoms with Crippen LogP contribution in [0.2, 0.25) is 0 Å². The van der Waals surface area contributed by atoms with Crippen LogP contribution in [0.4, 0.5) is 13.2 Å². The van der Waals surface area contributed by atoms with E-state index in [4.69, 9.17) is 0 Å². The van der Waals surface area contributed by atoms with Crippen LogP contribution in [0, 0.1) is 12.8 Å². The Morgan fingerprint density at radius 2 is 1.90 bits per heavy atom. The molecule has 1 aliphatic carbocycles. The standard InChI is InChI=1S/C21H26F3N5O/c1-13-25-19(28-27-13)17-11-29(10-14-6-8-16(9-7-14)21(22,23)24)12-18(17)26-20(30)15-4-2-3-5-15/h6-9,15,17-18H,2-5,10-12H2,1H3,(H,26,30)(H,25,27,28)/t17-,18-/m1/s1. The summed E-state index contributed by atoms with van der Waals surface area (Å²) in [4.78, 5) is 19.3. The largest absolute Gasteiger partial charge is 0.416 e. The number of nitrogens with zero attached hydrogens (tertiary/aromatic N) is 3. The number of benzene rings is 1. The molecule has 1 saturated carbocycles. The quantitative estimate of drug-likeness (QED) is 0.776. The molecule has 162 valence electrons. The summed E-state index contributed by atoms with van der Waals surface area (Å²) in [5.41, 5.74) is 0.152. The zero-order valence-corrected chi connectivity index (χ0v) is 16.9. The highest BCUT2D eigenvalue weighted by Gasteiger charge is 2.38. The van der Waals surface area contributed by atoms with Crippen molar-refractivity contribution >= 4 is 5.91 Å². The predicted molar refractivity (Wildman–Crippen MR) is 104 cm³/mol. The molecule has 0 bridgehead atoms. The van der Waals surface area contributed by atoms with Gasteiger partial charge >= 0.3 is 6.18 Å². The summed E-state index contributed by atoms with van der Waals surface area (Å²) in [6.07, 6.45) is -0.300. The maximum absolute atomic E-state index is 12.8. The van der Waals surface area contributed by atoms with Crippen molar-refractivity contribution < 1.29 is 18.0 Å². The molecule has 30 heavy (non-hydrogen) atoms. The van der Waals surface area contributed by atoms with Crippen molar-refractivity contribution in [2.24, 2.45) is 5.92 Å². The van der Waals surface area contributed by atoms with E-state index < -0.39 is 11.7 Å². The van der Waals surface area contributed by atoms with Crippen molar-refractivity contribution in [1.82, 2.24) is 25.4 Å². The van der Waals surface area contributed by atoms with Gasteiger partial charge in [-0.1, -0.05) is 25.0 Å². The monoisotopic (exact) mass is 421 g/mol. The van der Waals surface area contributed by atoms with E-state index in [9.17, 15) is 18.0 Å². The summed E-state index contributed by atoms with van der Waals surface area (Å²) in [6, 6.07) is 5.13. The molecule has 1 aromatic heterocycles. The molecule has 2 N–H and O–H groups in total. The minimum Gasteiger partial charge on any atom is -0.351 e. The lowest BCUT2D eigenvalue weighted by molar-refractivity contribution is -0.137. The van der Waals surface area contributed by atoms with E-state index in [0.29, 0.717) is 31.3 Å². The fraction of sp³-hybridized carbons (Fsp3) is 0.571. The van der Waals surface area contributed by atoms with Gasteiger partial charge in [0, 0.05) is 25.6 Å². The molecule has 0 spiro atoms. The van der Waals surface area contributed by atoms with E-state index in [2.05, 4.69) is 25.4 Å². The summed E-state index contributed by atoms with van der Waals surface area (Å²) in [5, 5.41) is 10.4. The van der Waals surface area contributed by atoms with Crippen LogP contribution in [-0.4, -0.2) is 45.1 Å². The molecule has 4 rings (SSSR count). The number of amides is 1. The van der Waals surface area contributed by atoms with Crippen LogP contribution in [0.5, 0.6) is 0 Å². The minimum atomic E-state index is -4.34. The van der Waals surface area contributed by atoms with Crippen LogP contribution in [0.25, 0.3) is 0 Å². The van der Waals surface area contributed by atoms with Gasteiger partial charge in [0.15, 0.2) is 5.82 Å². The van der Waals surface area contributed by atoms with E-state index in [1.807, 2.05) is 6.92 Å². The number of carbonyl (C=O) groups excluding carboxylic acids is 1. The topological polar surface area (TPSA) is 73.9 Å². The van der Waals surface area contributed by atoms with E-state index in [1.54, 1.807) is 0 Å². The number of aromatic amines is 1. The van der Waals surface area contributed by atoms with Gasteiger partial charge < -0.3 is 5.32 Å². The lowest BCUT2D eigenvalue weighted by Crippen LogP contribution is -2.42. The van der Waals surface area contributed by atoms with Crippen molar-refractivity contribution in [2.75, 3.05) is 13.1 Å². The molecule has 2 fully saturated rings. The van der Waals surface area contributed by atoms with Gasteiger partial charge in [0.1, 0.15) is 5.82 Å². The number of carbonyl (C=O) groups is 1. The Hall–Kier alpha value is -2.42. The molecular weight excluding hydrogens is 395 g/mol. The summed E-state index contributed by atoms with van der Waals surface area (Å²) in [5.74, 6) is 1.48. The molecule has 9 heteroatoms. The van der Waals surface area contributed by atoms with Gasteiger partial charge in [-0.25, -0.2) is 4.98 Å². The minimum absolute atomic E-state index is 0.0604. The second-order valence-electron chi connectivity index (χ2n) is 8.37. The van der Waals surface area contributed by atoms with Crippen LogP contribution in [0.1, 0.15) is 54.4 Å². The first-order chi connectivity index (χ1) is 14.3. The Balaban J connectivity index is 1.46. The number of aryl methyl sites for hydroxylation is 1. The van der Waals surface area contributed by atoms with Crippen LogP contribution >= 0.6 is 0 Å². The third kappa shape index (κ3) is 4.66.